The van der Waals surface area contributed by atoms with E-state index in [0.717, 1.165) is 18.0 Å². The Labute approximate surface area is 108 Å². The molecule has 2 rings (SSSR count). The molecule has 0 aromatic heterocycles. The van der Waals surface area contributed by atoms with Gasteiger partial charge in [0.15, 0.2) is 0 Å². The summed E-state index contributed by atoms with van der Waals surface area (Å²) in [6.07, 6.45) is 5.15. The Morgan fingerprint density at radius 1 is 1.22 bits per heavy atom. The number of nitrogens with one attached hydrogen (secondary N) is 1. The van der Waals surface area contributed by atoms with Crippen LogP contribution in [-0.4, -0.2) is 17.1 Å². The van der Waals surface area contributed by atoms with Crippen LogP contribution < -0.4 is 5.32 Å². The fourth-order valence-corrected chi connectivity index (χ4v) is 2.49. The quantitative estimate of drug-likeness (QED) is 0.859. The van der Waals surface area contributed by atoms with Crippen molar-refractivity contribution in [3.8, 4) is 0 Å². The highest BCUT2D eigenvalue weighted by Crippen LogP contribution is 2.23. The molecule has 98 valence electrons. The van der Waals surface area contributed by atoms with Gasteiger partial charge in [-0.25, -0.2) is 4.79 Å². The van der Waals surface area contributed by atoms with Crippen LogP contribution in [-0.2, 0) is 6.54 Å². The van der Waals surface area contributed by atoms with E-state index in [9.17, 15) is 4.79 Å². The zero-order valence-corrected chi connectivity index (χ0v) is 10.9. The number of aromatic carboxylic acids is 1. The molecule has 0 aliphatic heterocycles. The number of hydrogen-bond acceptors (Lipinski definition) is 2. The Hall–Kier alpha value is -1.35. The summed E-state index contributed by atoms with van der Waals surface area (Å²) in [5.74, 6) is 0.00803. The normalized spacial score (nSPS) is 23.8. The van der Waals surface area contributed by atoms with Crippen molar-refractivity contribution in [1.82, 2.24) is 5.32 Å². The molecule has 0 spiro atoms. The second kappa shape index (κ2) is 6.01. The maximum atomic E-state index is 10.7. The van der Waals surface area contributed by atoms with E-state index in [1.54, 1.807) is 12.1 Å². The predicted octanol–water partition coefficient (Wildman–Crippen LogP) is 3.05. The number of hydrogen-bond donors (Lipinski definition) is 2. The molecule has 1 aromatic rings. The Morgan fingerprint density at radius 3 is 2.39 bits per heavy atom. The number of carboxylic acids is 1. The van der Waals surface area contributed by atoms with Crippen molar-refractivity contribution in [2.24, 2.45) is 5.92 Å². The van der Waals surface area contributed by atoms with Crippen LogP contribution in [0.1, 0.15) is 48.5 Å². The van der Waals surface area contributed by atoms with Crippen LogP contribution >= 0.6 is 0 Å². The molecule has 1 aliphatic carbocycles. The average molecular weight is 247 g/mol. The second-order valence-corrected chi connectivity index (χ2v) is 5.34. The van der Waals surface area contributed by atoms with E-state index in [4.69, 9.17) is 5.11 Å². The lowest BCUT2D eigenvalue weighted by Gasteiger charge is -2.27. The van der Waals surface area contributed by atoms with Crippen LogP contribution in [0.2, 0.25) is 0 Å². The third kappa shape index (κ3) is 3.57. The number of carboxylic acid groups (broad SMARTS) is 1. The minimum atomic E-state index is -0.865. The summed E-state index contributed by atoms with van der Waals surface area (Å²) in [6.45, 7) is 3.15. The maximum absolute atomic E-state index is 10.7. The van der Waals surface area contributed by atoms with Gasteiger partial charge < -0.3 is 10.4 Å². The first-order valence-corrected chi connectivity index (χ1v) is 6.71. The van der Waals surface area contributed by atoms with E-state index in [1.807, 2.05) is 12.1 Å². The van der Waals surface area contributed by atoms with Crippen molar-refractivity contribution in [3.05, 3.63) is 35.4 Å². The van der Waals surface area contributed by atoms with Crippen molar-refractivity contribution < 1.29 is 9.90 Å². The van der Waals surface area contributed by atoms with Gasteiger partial charge in [-0.1, -0.05) is 19.1 Å². The van der Waals surface area contributed by atoms with Gasteiger partial charge in [0.05, 0.1) is 5.56 Å². The summed E-state index contributed by atoms with van der Waals surface area (Å²) < 4.78 is 0. The molecule has 2 N–H and O–H groups in total. The molecule has 0 atom stereocenters. The first-order valence-electron chi connectivity index (χ1n) is 6.71. The highest BCUT2D eigenvalue weighted by Gasteiger charge is 2.17. The van der Waals surface area contributed by atoms with Crippen molar-refractivity contribution in [2.75, 3.05) is 0 Å². The van der Waals surface area contributed by atoms with E-state index >= 15 is 0 Å². The van der Waals surface area contributed by atoms with E-state index < -0.39 is 5.97 Å². The van der Waals surface area contributed by atoms with E-state index in [-0.39, 0.29) is 0 Å². The molecule has 0 amide bonds. The summed E-state index contributed by atoms with van der Waals surface area (Å²) >= 11 is 0. The lowest BCUT2D eigenvalue weighted by Crippen LogP contribution is -2.32. The van der Waals surface area contributed by atoms with Gasteiger partial charge in [-0.2, -0.15) is 0 Å². The average Bonchev–Trinajstić information content (AvgIpc) is 2.38. The highest BCUT2D eigenvalue weighted by atomic mass is 16.4. The largest absolute Gasteiger partial charge is 0.478 e. The molecule has 3 heteroatoms. The second-order valence-electron chi connectivity index (χ2n) is 5.34. The van der Waals surface area contributed by atoms with Crippen LogP contribution in [0.25, 0.3) is 0 Å². The van der Waals surface area contributed by atoms with E-state index in [1.165, 1.54) is 25.7 Å². The molecule has 0 heterocycles. The molecule has 0 saturated heterocycles. The van der Waals surface area contributed by atoms with Gasteiger partial charge in [0, 0.05) is 12.6 Å². The number of carbonyl (C=O) groups is 1. The van der Waals surface area contributed by atoms with Gasteiger partial charge in [-0.15, -0.1) is 0 Å². The Balaban J connectivity index is 1.81. The molecule has 18 heavy (non-hydrogen) atoms. The Morgan fingerprint density at radius 2 is 1.83 bits per heavy atom. The fraction of sp³-hybridized carbons (Fsp3) is 0.533. The van der Waals surface area contributed by atoms with Crippen LogP contribution in [0.3, 0.4) is 0 Å². The number of rotatable bonds is 4. The summed E-state index contributed by atoms with van der Waals surface area (Å²) in [7, 11) is 0. The zero-order valence-electron chi connectivity index (χ0n) is 10.9. The van der Waals surface area contributed by atoms with Crippen LogP contribution in [0.15, 0.2) is 24.3 Å². The fourth-order valence-electron chi connectivity index (χ4n) is 2.49. The van der Waals surface area contributed by atoms with Gasteiger partial charge in [-0.05, 0) is 49.3 Å². The molecule has 0 unspecified atom stereocenters. The lowest BCUT2D eigenvalue weighted by molar-refractivity contribution is 0.0697. The standard InChI is InChI=1S/C15H21NO2/c1-11-2-8-14(9-3-11)16-10-12-4-6-13(7-5-12)15(17)18/h4-7,11,14,16H,2-3,8-10H2,1H3,(H,17,18)/t11-,14-. The molecule has 1 saturated carbocycles. The van der Waals surface area contributed by atoms with Gasteiger partial charge >= 0.3 is 5.97 Å². The van der Waals surface area contributed by atoms with Gasteiger partial charge in [0.1, 0.15) is 0 Å². The van der Waals surface area contributed by atoms with Crippen LogP contribution in [0.4, 0.5) is 0 Å². The number of benzene rings is 1. The maximum Gasteiger partial charge on any atom is 0.335 e. The van der Waals surface area contributed by atoms with Gasteiger partial charge in [0.25, 0.3) is 0 Å². The summed E-state index contributed by atoms with van der Waals surface area (Å²) in [5.41, 5.74) is 1.50. The SMILES string of the molecule is C[C@H]1CC[C@H](NCc2ccc(C(=O)O)cc2)CC1. The highest BCUT2D eigenvalue weighted by molar-refractivity contribution is 5.87. The molecule has 0 bridgehead atoms. The lowest BCUT2D eigenvalue weighted by atomic mass is 9.87. The molecule has 0 radical (unpaired) electrons. The van der Waals surface area contributed by atoms with Crippen molar-refractivity contribution in [2.45, 2.75) is 45.2 Å². The monoisotopic (exact) mass is 247 g/mol. The van der Waals surface area contributed by atoms with Crippen LogP contribution in [0, 0.1) is 5.92 Å². The smallest absolute Gasteiger partial charge is 0.335 e. The van der Waals surface area contributed by atoms with Gasteiger partial charge in [-0.3, -0.25) is 0 Å². The predicted molar refractivity (Wildman–Crippen MR) is 71.7 cm³/mol. The van der Waals surface area contributed by atoms with E-state index in [2.05, 4.69) is 12.2 Å². The van der Waals surface area contributed by atoms with E-state index in [0.29, 0.717) is 11.6 Å². The molecule has 1 aliphatic rings. The summed E-state index contributed by atoms with van der Waals surface area (Å²) in [6, 6.07) is 7.74. The minimum Gasteiger partial charge on any atom is -0.478 e. The first-order chi connectivity index (χ1) is 8.65. The van der Waals surface area contributed by atoms with Gasteiger partial charge in [0.2, 0.25) is 0 Å². The van der Waals surface area contributed by atoms with Crippen LogP contribution in [0.5, 0.6) is 0 Å². The molecule has 1 fully saturated rings. The molecule has 1 aromatic carbocycles. The van der Waals surface area contributed by atoms with Crippen molar-refractivity contribution in [3.63, 3.8) is 0 Å². The summed E-state index contributed by atoms with van der Waals surface area (Å²) in [5, 5.41) is 12.4. The molecule has 3 nitrogen and oxygen atoms in total. The van der Waals surface area contributed by atoms with Crippen molar-refractivity contribution >= 4 is 5.97 Å². The minimum absolute atomic E-state index is 0.352. The van der Waals surface area contributed by atoms with Crippen molar-refractivity contribution in [1.29, 1.82) is 0 Å². The first kappa shape index (κ1) is 13.1. The molecular weight excluding hydrogens is 226 g/mol. The Bertz CT molecular complexity index is 391. The third-order valence-corrected chi connectivity index (χ3v) is 3.81. The zero-order chi connectivity index (χ0) is 13.0. The molecular formula is C15H21NO2. The summed E-state index contributed by atoms with van der Waals surface area (Å²) in [4.78, 5) is 10.7. The Kier molecular flexibility index (Phi) is 4.37. The third-order valence-electron chi connectivity index (χ3n) is 3.81. The topological polar surface area (TPSA) is 49.3 Å².